The lowest BCUT2D eigenvalue weighted by Crippen LogP contribution is -2.15. The number of aromatic nitrogens is 1. The lowest BCUT2D eigenvalue weighted by molar-refractivity contribution is 0.103. The van der Waals surface area contributed by atoms with Crippen LogP contribution < -0.4 is 20.9 Å². The Kier molecular flexibility index (Phi) is 5.26. The van der Waals surface area contributed by atoms with Gasteiger partial charge in [0.05, 0.1) is 25.6 Å². The van der Waals surface area contributed by atoms with Gasteiger partial charge in [0, 0.05) is 11.1 Å². The number of methoxy groups -OCH3 is 2. The molecule has 4 N–H and O–H groups in total. The molecular formula is C21H19N3O4. The Morgan fingerprint density at radius 2 is 1.07 bits per heavy atom. The fourth-order valence-corrected chi connectivity index (χ4v) is 2.67. The van der Waals surface area contributed by atoms with Crippen LogP contribution in [-0.2, 0) is 0 Å². The predicted octanol–water partition coefficient (Wildman–Crippen LogP) is 2.73. The molecule has 1 aromatic heterocycles. The van der Waals surface area contributed by atoms with E-state index in [0.29, 0.717) is 22.6 Å². The Morgan fingerprint density at radius 1 is 0.714 bits per heavy atom. The SMILES string of the molecule is COc1ccc(C(=O)c2nc(C(=O)c3ccc(OC)cc3)c(N)cc2N)cc1. The average Bonchev–Trinajstić information content (AvgIpc) is 2.73. The van der Waals surface area contributed by atoms with Crippen LogP contribution in [0.2, 0.25) is 0 Å². The summed E-state index contributed by atoms with van der Waals surface area (Å²) in [6, 6.07) is 14.4. The van der Waals surface area contributed by atoms with Crippen LogP contribution in [0.1, 0.15) is 32.1 Å². The molecule has 142 valence electrons. The highest BCUT2D eigenvalue weighted by Gasteiger charge is 2.21. The van der Waals surface area contributed by atoms with Crippen LogP contribution in [0.15, 0.2) is 54.6 Å². The summed E-state index contributed by atoms with van der Waals surface area (Å²) >= 11 is 0. The van der Waals surface area contributed by atoms with Gasteiger partial charge in [-0.25, -0.2) is 4.98 Å². The van der Waals surface area contributed by atoms with E-state index in [1.165, 1.54) is 20.3 Å². The minimum Gasteiger partial charge on any atom is -0.497 e. The third-order valence-electron chi connectivity index (χ3n) is 4.22. The number of nitrogen functional groups attached to an aromatic ring is 2. The van der Waals surface area contributed by atoms with Gasteiger partial charge in [0.15, 0.2) is 0 Å². The third kappa shape index (κ3) is 3.64. The van der Waals surface area contributed by atoms with Gasteiger partial charge in [-0.3, -0.25) is 9.59 Å². The third-order valence-corrected chi connectivity index (χ3v) is 4.22. The van der Waals surface area contributed by atoms with Crippen molar-refractivity contribution in [1.82, 2.24) is 4.98 Å². The molecule has 0 fully saturated rings. The Morgan fingerprint density at radius 3 is 1.39 bits per heavy atom. The number of nitrogens with two attached hydrogens (primary N) is 2. The maximum Gasteiger partial charge on any atom is 0.213 e. The van der Waals surface area contributed by atoms with Crippen LogP contribution in [0.5, 0.6) is 11.5 Å². The lowest BCUT2D eigenvalue weighted by Gasteiger charge is -2.10. The van der Waals surface area contributed by atoms with Crippen molar-refractivity contribution in [1.29, 1.82) is 0 Å². The van der Waals surface area contributed by atoms with Gasteiger partial charge in [0.2, 0.25) is 11.6 Å². The summed E-state index contributed by atoms with van der Waals surface area (Å²) in [5, 5.41) is 0. The lowest BCUT2D eigenvalue weighted by atomic mass is 10.0. The van der Waals surface area contributed by atoms with Crippen LogP contribution in [-0.4, -0.2) is 30.8 Å². The first-order valence-electron chi connectivity index (χ1n) is 8.38. The largest absolute Gasteiger partial charge is 0.497 e. The number of rotatable bonds is 6. The molecule has 7 nitrogen and oxygen atoms in total. The average molecular weight is 377 g/mol. The molecule has 3 aromatic rings. The van der Waals surface area contributed by atoms with Gasteiger partial charge in [0.25, 0.3) is 0 Å². The van der Waals surface area contributed by atoms with Crippen molar-refractivity contribution in [2.45, 2.75) is 0 Å². The minimum absolute atomic E-state index is 0.0313. The molecule has 0 bridgehead atoms. The van der Waals surface area contributed by atoms with Crippen LogP contribution in [0.4, 0.5) is 11.4 Å². The number of ketones is 2. The second-order valence-electron chi connectivity index (χ2n) is 5.98. The van der Waals surface area contributed by atoms with E-state index in [1.54, 1.807) is 48.5 Å². The summed E-state index contributed by atoms with van der Waals surface area (Å²) in [4.78, 5) is 29.8. The zero-order chi connectivity index (χ0) is 20.3. The van der Waals surface area contributed by atoms with Gasteiger partial charge in [-0.15, -0.1) is 0 Å². The van der Waals surface area contributed by atoms with Crippen LogP contribution in [0, 0.1) is 0 Å². The van der Waals surface area contributed by atoms with E-state index in [4.69, 9.17) is 20.9 Å². The molecule has 0 amide bonds. The fraction of sp³-hybridized carbons (Fsp3) is 0.0952. The second-order valence-corrected chi connectivity index (χ2v) is 5.98. The van der Waals surface area contributed by atoms with Gasteiger partial charge in [-0.2, -0.15) is 0 Å². The highest BCUT2D eigenvalue weighted by molar-refractivity contribution is 6.15. The van der Waals surface area contributed by atoms with E-state index in [0.717, 1.165) is 0 Å². The Bertz CT molecular complexity index is 948. The first-order valence-corrected chi connectivity index (χ1v) is 8.38. The second kappa shape index (κ2) is 7.79. The van der Waals surface area contributed by atoms with Gasteiger partial charge in [-0.1, -0.05) is 0 Å². The van der Waals surface area contributed by atoms with Crippen molar-refractivity contribution in [2.75, 3.05) is 25.7 Å². The summed E-state index contributed by atoms with van der Waals surface area (Å²) in [5.74, 6) is 0.406. The summed E-state index contributed by atoms with van der Waals surface area (Å²) < 4.78 is 10.2. The molecule has 0 saturated carbocycles. The molecule has 1 heterocycles. The quantitative estimate of drug-likeness (QED) is 0.634. The fourth-order valence-electron chi connectivity index (χ4n) is 2.67. The van der Waals surface area contributed by atoms with Gasteiger partial charge < -0.3 is 20.9 Å². The number of carbonyl (C=O) groups excluding carboxylic acids is 2. The maximum absolute atomic E-state index is 12.8. The first kappa shape index (κ1) is 18.9. The van der Waals surface area contributed by atoms with E-state index in [1.807, 2.05) is 0 Å². The molecule has 7 heteroatoms. The Balaban J connectivity index is 1.99. The standard InChI is InChI=1S/C21H19N3O4/c1-27-14-7-3-12(4-8-14)20(25)18-16(22)11-17(23)19(24-18)21(26)13-5-9-15(28-2)10-6-13/h3-11H,22-23H2,1-2H3. The van der Waals surface area contributed by atoms with E-state index in [2.05, 4.69) is 4.98 Å². The number of hydrogen-bond acceptors (Lipinski definition) is 7. The van der Waals surface area contributed by atoms with Crippen molar-refractivity contribution in [3.63, 3.8) is 0 Å². The van der Waals surface area contributed by atoms with E-state index in [9.17, 15) is 9.59 Å². The number of carbonyl (C=O) groups is 2. The molecule has 28 heavy (non-hydrogen) atoms. The van der Waals surface area contributed by atoms with Crippen LogP contribution >= 0.6 is 0 Å². The summed E-state index contributed by atoms with van der Waals surface area (Å²) in [7, 11) is 3.07. The molecule has 0 spiro atoms. The normalized spacial score (nSPS) is 10.4. The highest BCUT2D eigenvalue weighted by atomic mass is 16.5. The number of anilines is 2. The highest BCUT2D eigenvalue weighted by Crippen LogP contribution is 2.24. The van der Waals surface area contributed by atoms with Gasteiger partial charge >= 0.3 is 0 Å². The number of benzene rings is 2. The van der Waals surface area contributed by atoms with Crippen molar-refractivity contribution < 1.29 is 19.1 Å². The first-order chi connectivity index (χ1) is 13.4. The van der Waals surface area contributed by atoms with Crippen molar-refractivity contribution >= 4 is 22.9 Å². The Hall–Kier alpha value is -3.87. The predicted molar refractivity (Wildman–Crippen MR) is 106 cm³/mol. The van der Waals surface area contributed by atoms with Crippen molar-refractivity contribution in [2.24, 2.45) is 0 Å². The van der Waals surface area contributed by atoms with Gasteiger partial charge in [0.1, 0.15) is 22.9 Å². The van der Waals surface area contributed by atoms with Crippen molar-refractivity contribution in [3.8, 4) is 11.5 Å². The number of nitrogens with zero attached hydrogens (tertiary/aromatic N) is 1. The molecule has 0 radical (unpaired) electrons. The molecule has 0 aliphatic heterocycles. The number of pyridine rings is 1. The van der Waals surface area contributed by atoms with E-state index >= 15 is 0 Å². The molecule has 3 rings (SSSR count). The zero-order valence-electron chi connectivity index (χ0n) is 15.4. The van der Waals surface area contributed by atoms with E-state index in [-0.39, 0.29) is 22.8 Å². The molecule has 0 saturated heterocycles. The number of hydrogen-bond donors (Lipinski definition) is 2. The summed E-state index contributed by atoms with van der Waals surface area (Å²) in [5.41, 5.74) is 12.8. The van der Waals surface area contributed by atoms with E-state index < -0.39 is 11.6 Å². The molecule has 2 aromatic carbocycles. The molecule has 0 aliphatic rings. The minimum atomic E-state index is -0.413. The molecule has 0 unspecified atom stereocenters. The summed E-state index contributed by atoms with van der Waals surface area (Å²) in [6.45, 7) is 0. The molecular weight excluding hydrogens is 358 g/mol. The molecule has 0 aliphatic carbocycles. The van der Waals surface area contributed by atoms with Crippen molar-refractivity contribution in [3.05, 3.63) is 77.1 Å². The smallest absolute Gasteiger partial charge is 0.213 e. The summed E-state index contributed by atoms with van der Waals surface area (Å²) in [6.07, 6.45) is 0. The van der Waals surface area contributed by atoms with Crippen LogP contribution in [0.25, 0.3) is 0 Å². The van der Waals surface area contributed by atoms with Crippen LogP contribution in [0.3, 0.4) is 0 Å². The Labute approximate surface area is 161 Å². The monoisotopic (exact) mass is 377 g/mol. The number of ether oxygens (including phenoxy) is 2. The zero-order valence-corrected chi connectivity index (χ0v) is 15.4. The topological polar surface area (TPSA) is 118 Å². The molecule has 0 atom stereocenters. The van der Waals surface area contributed by atoms with Gasteiger partial charge in [-0.05, 0) is 54.6 Å². The maximum atomic E-state index is 12.8.